The largest absolute Gasteiger partial charge is 0.475 e. The maximum atomic E-state index is 10.6. The number of unbranched alkanes of at least 4 members (excludes halogenated alkanes) is 12. The topological polar surface area (TPSA) is 62.4 Å². The van der Waals surface area contributed by atoms with Crippen LogP contribution in [0, 0.1) is 0 Å². The molecule has 0 saturated carbocycles. The first kappa shape index (κ1) is 18.9. The van der Waals surface area contributed by atoms with E-state index in [2.05, 4.69) is 6.92 Å². The highest BCUT2D eigenvalue weighted by molar-refractivity contribution is 5.90. The summed E-state index contributed by atoms with van der Waals surface area (Å²) in [5.41, 5.74) is 0. The predicted molar refractivity (Wildman–Crippen MR) is 94.2 cm³/mol. The third-order valence-corrected chi connectivity index (χ3v) is 4.71. The fourth-order valence-corrected chi connectivity index (χ4v) is 3.11. The lowest BCUT2D eigenvalue weighted by atomic mass is 10.0. The molecule has 0 amide bonds. The first-order valence-corrected chi connectivity index (χ1v) is 9.80. The monoisotopic (exact) mass is 336 g/mol. The zero-order valence-electron chi connectivity index (χ0n) is 15.1. The van der Waals surface area contributed by atoms with Crippen molar-refractivity contribution in [2.24, 2.45) is 0 Å². The maximum absolute atomic E-state index is 10.6. The molecule has 0 radical (unpaired) electrons. The van der Waals surface area contributed by atoms with Gasteiger partial charge in [-0.05, 0) is 6.42 Å². The molecule has 4 nitrogen and oxygen atoms in total. The Labute approximate surface area is 145 Å². The second kappa shape index (κ2) is 10.4. The van der Waals surface area contributed by atoms with Crippen molar-refractivity contribution < 1.29 is 19.4 Å². The van der Waals surface area contributed by atoms with Gasteiger partial charge >= 0.3 is 5.97 Å². The van der Waals surface area contributed by atoms with Gasteiger partial charge in [-0.3, -0.25) is 0 Å². The summed E-state index contributed by atoms with van der Waals surface area (Å²) >= 11 is 0. The highest BCUT2D eigenvalue weighted by Gasteiger charge is 2.44. The van der Waals surface area contributed by atoms with E-state index in [1.807, 2.05) is 0 Å². The van der Waals surface area contributed by atoms with E-state index in [-0.39, 0.29) is 5.76 Å². The number of allylic oxidation sites excluding steroid dienone is 1. The molecule has 0 bridgehead atoms. The highest BCUT2D eigenvalue weighted by atomic mass is 16.6. The van der Waals surface area contributed by atoms with E-state index in [1.54, 1.807) is 0 Å². The summed E-state index contributed by atoms with van der Waals surface area (Å²) in [7, 11) is 0. The van der Waals surface area contributed by atoms with E-state index in [1.165, 1.54) is 77.0 Å². The van der Waals surface area contributed by atoms with E-state index >= 15 is 0 Å². The predicted octanol–water partition coefficient (Wildman–Crippen LogP) is 6.04. The molecule has 136 valence electrons. The summed E-state index contributed by atoms with van der Waals surface area (Å²) in [6.45, 7) is 2.27. The molecule has 0 fully saturated rings. The molecule has 0 saturated heterocycles. The molecule has 24 heavy (non-hydrogen) atoms. The fourth-order valence-electron chi connectivity index (χ4n) is 3.11. The fraction of sp³-hybridized carbons (Fsp3) is 0.750. The van der Waals surface area contributed by atoms with Crippen molar-refractivity contribution in [2.75, 3.05) is 0 Å². The summed E-state index contributed by atoms with van der Waals surface area (Å²) in [6.07, 6.45) is 18.4. The van der Waals surface area contributed by atoms with Crippen molar-refractivity contribution in [3.05, 3.63) is 23.0 Å². The Bertz CT molecular complexity index is 476. The molecule has 4 heteroatoms. The van der Waals surface area contributed by atoms with Gasteiger partial charge in [-0.15, -0.1) is 0 Å². The molecule has 2 rings (SSSR count). The maximum Gasteiger partial charge on any atom is 0.375 e. The molecular weight excluding hydrogens is 304 g/mol. The van der Waals surface area contributed by atoms with Crippen LogP contribution in [0.2, 0.25) is 0 Å². The number of hydrogen-bond donors (Lipinski definition) is 1. The van der Waals surface area contributed by atoms with Crippen molar-refractivity contribution in [1.29, 1.82) is 0 Å². The van der Waals surface area contributed by atoms with E-state index in [0.29, 0.717) is 11.5 Å². The van der Waals surface area contributed by atoms with Crippen LogP contribution in [0.15, 0.2) is 23.0 Å². The number of hydrogen-bond acceptors (Lipinski definition) is 3. The van der Waals surface area contributed by atoms with Gasteiger partial charge in [0.25, 0.3) is 5.76 Å². The van der Waals surface area contributed by atoms with Crippen LogP contribution in [0.1, 0.15) is 96.8 Å². The third-order valence-electron chi connectivity index (χ3n) is 4.71. The Kier molecular flexibility index (Phi) is 8.20. The summed E-state index contributed by atoms with van der Waals surface area (Å²) in [5.74, 6) is 1.07. The molecular formula is C20H32O4. The molecule has 2 aliphatic heterocycles. The minimum atomic E-state index is -1.01. The number of ether oxygens (including phenoxy) is 2. The Morgan fingerprint density at radius 2 is 1.25 bits per heavy atom. The normalized spacial score (nSPS) is 15.4. The standard InChI is InChI=1S/C20H32O4/c1-2-3-4-5-6-7-8-9-10-11-12-13-14-15-16-17(23-16)18-19(24-18)20(21)22/h2-15H2,1H3,(H,21,22). The molecule has 0 unspecified atom stereocenters. The molecule has 2 aliphatic rings. The number of carbonyl (C=O) groups is 1. The van der Waals surface area contributed by atoms with Crippen LogP contribution in [0.5, 0.6) is 0 Å². The average molecular weight is 336 g/mol. The van der Waals surface area contributed by atoms with Crippen LogP contribution in [0.25, 0.3) is 0 Å². The van der Waals surface area contributed by atoms with Crippen molar-refractivity contribution in [1.82, 2.24) is 0 Å². The molecule has 0 aliphatic carbocycles. The Balaban J connectivity index is 1.34. The van der Waals surface area contributed by atoms with Gasteiger partial charge in [0.05, 0.1) is 0 Å². The van der Waals surface area contributed by atoms with Crippen LogP contribution in [0.4, 0.5) is 0 Å². The van der Waals surface area contributed by atoms with Gasteiger partial charge in [0.2, 0.25) is 11.5 Å². The number of carboxylic acids is 1. The van der Waals surface area contributed by atoms with Crippen LogP contribution in [-0.2, 0) is 14.3 Å². The Hall–Kier alpha value is -1.45. The molecule has 0 aromatic rings. The van der Waals surface area contributed by atoms with E-state index in [0.717, 1.165) is 18.6 Å². The highest BCUT2D eigenvalue weighted by Crippen LogP contribution is 2.45. The van der Waals surface area contributed by atoms with Crippen molar-refractivity contribution in [3.8, 4) is 0 Å². The van der Waals surface area contributed by atoms with Crippen LogP contribution < -0.4 is 0 Å². The second-order valence-corrected chi connectivity index (χ2v) is 6.91. The summed E-state index contributed by atoms with van der Waals surface area (Å²) in [4.78, 5) is 10.6. The summed E-state index contributed by atoms with van der Waals surface area (Å²) in [6, 6.07) is 0. The Morgan fingerprint density at radius 1 is 0.750 bits per heavy atom. The molecule has 0 atom stereocenters. The first-order valence-electron chi connectivity index (χ1n) is 9.80. The smallest absolute Gasteiger partial charge is 0.375 e. The third kappa shape index (κ3) is 6.98. The van der Waals surface area contributed by atoms with Crippen LogP contribution in [-0.4, -0.2) is 11.1 Å². The molecule has 1 N–H and O–H groups in total. The molecule has 2 heterocycles. The zero-order valence-corrected chi connectivity index (χ0v) is 15.1. The lowest BCUT2D eigenvalue weighted by Crippen LogP contribution is -1.88. The zero-order chi connectivity index (χ0) is 17.2. The van der Waals surface area contributed by atoms with Gasteiger partial charge in [-0.1, -0.05) is 84.0 Å². The van der Waals surface area contributed by atoms with Gasteiger partial charge < -0.3 is 14.6 Å². The number of rotatable bonds is 16. The van der Waals surface area contributed by atoms with Gasteiger partial charge in [0.15, 0.2) is 5.76 Å². The van der Waals surface area contributed by atoms with Gasteiger partial charge in [0.1, 0.15) is 0 Å². The number of carboxylic acid groups (broad SMARTS) is 1. The summed E-state index contributed by atoms with van der Waals surface area (Å²) < 4.78 is 10.2. The van der Waals surface area contributed by atoms with Crippen LogP contribution in [0.3, 0.4) is 0 Å². The lowest BCUT2D eigenvalue weighted by Gasteiger charge is -2.02. The van der Waals surface area contributed by atoms with Crippen molar-refractivity contribution >= 4 is 5.97 Å². The Morgan fingerprint density at radius 3 is 1.71 bits per heavy atom. The quantitative estimate of drug-likeness (QED) is 0.349. The van der Waals surface area contributed by atoms with Crippen LogP contribution >= 0.6 is 0 Å². The summed E-state index contributed by atoms with van der Waals surface area (Å²) in [5, 5.41) is 8.72. The SMILES string of the molecule is CCCCCCCCCCCCCCCC1=C(C2=C(C(=O)O)O2)O1. The van der Waals surface area contributed by atoms with E-state index < -0.39 is 5.97 Å². The van der Waals surface area contributed by atoms with Gasteiger partial charge in [-0.2, -0.15) is 0 Å². The minimum absolute atomic E-state index is 0.0466. The van der Waals surface area contributed by atoms with Crippen molar-refractivity contribution in [2.45, 2.75) is 96.8 Å². The molecule has 0 aromatic heterocycles. The van der Waals surface area contributed by atoms with E-state index in [4.69, 9.17) is 14.6 Å². The van der Waals surface area contributed by atoms with E-state index in [9.17, 15) is 4.79 Å². The lowest BCUT2D eigenvalue weighted by molar-refractivity contribution is -0.133. The molecule has 0 spiro atoms. The van der Waals surface area contributed by atoms with Crippen molar-refractivity contribution in [3.63, 3.8) is 0 Å². The number of aliphatic carboxylic acids is 1. The first-order chi connectivity index (χ1) is 11.7. The average Bonchev–Trinajstić information content (AvgIpc) is 3.44. The minimum Gasteiger partial charge on any atom is -0.475 e. The molecule has 0 aromatic carbocycles. The second-order valence-electron chi connectivity index (χ2n) is 6.91. The van der Waals surface area contributed by atoms with Gasteiger partial charge in [0, 0.05) is 6.42 Å². The van der Waals surface area contributed by atoms with Gasteiger partial charge in [-0.25, -0.2) is 4.79 Å².